The van der Waals surface area contributed by atoms with Gasteiger partial charge in [-0.25, -0.2) is 9.59 Å². The van der Waals surface area contributed by atoms with Gasteiger partial charge in [-0.15, -0.1) is 13.2 Å². The Kier molecular flexibility index (Phi) is 8.33. The van der Waals surface area contributed by atoms with Crippen molar-refractivity contribution in [2.75, 3.05) is 13.2 Å². The van der Waals surface area contributed by atoms with Crippen LogP contribution in [0.5, 0.6) is 0 Å². The van der Waals surface area contributed by atoms with Crippen LogP contribution in [0.2, 0.25) is 0 Å². The molecule has 1 fully saturated rings. The van der Waals surface area contributed by atoms with Crippen molar-refractivity contribution < 1.29 is 14.3 Å². The number of rotatable bonds is 8. The molecule has 124 valence electrons. The lowest BCUT2D eigenvalue weighted by atomic mass is 9.94. The number of carbonyl (C=O) groups is 2. The molecular weight excluding hydrogens is 280 g/mol. The van der Waals surface area contributed by atoms with Crippen molar-refractivity contribution in [2.24, 2.45) is 0 Å². The van der Waals surface area contributed by atoms with Crippen LogP contribution >= 0.6 is 0 Å². The van der Waals surface area contributed by atoms with E-state index < -0.39 is 12.0 Å². The van der Waals surface area contributed by atoms with Crippen LogP contribution in [0, 0.1) is 0 Å². The summed E-state index contributed by atoms with van der Waals surface area (Å²) in [6.07, 6.45) is 9.21. The predicted octanol–water partition coefficient (Wildman–Crippen LogP) is 3.02. The first kappa shape index (κ1) is 18.3. The summed E-state index contributed by atoms with van der Waals surface area (Å²) in [5.74, 6) is -0.419. The predicted molar refractivity (Wildman–Crippen MR) is 87.5 cm³/mol. The largest absolute Gasteiger partial charge is 0.464 e. The van der Waals surface area contributed by atoms with Gasteiger partial charge in [-0.05, 0) is 26.2 Å². The van der Waals surface area contributed by atoms with E-state index in [9.17, 15) is 9.59 Å². The van der Waals surface area contributed by atoms with Crippen LogP contribution in [0.3, 0.4) is 0 Å². The van der Waals surface area contributed by atoms with Crippen LogP contribution < -0.4 is 5.32 Å². The third-order valence-corrected chi connectivity index (χ3v) is 3.87. The lowest BCUT2D eigenvalue weighted by molar-refractivity contribution is -0.145. The van der Waals surface area contributed by atoms with Crippen LogP contribution in [0.4, 0.5) is 4.79 Å². The zero-order chi connectivity index (χ0) is 16.4. The highest BCUT2D eigenvalue weighted by molar-refractivity contribution is 5.84. The maximum atomic E-state index is 12.6. The Morgan fingerprint density at radius 1 is 1.27 bits per heavy atom. The van der Waals surface area contributed by atoms with Gasteiger partial charge in [-0.2, -0.15) is 0 Å². The highest BCUT2D eigenvalue weighted by atomic mass is 16.5. The maximum absolute atomic E-state index is 12.6. The standard InChI is InChI=1S/C17H28N2O3/c1-4-10-15(16(20)22-6-3)18-17(21)19(13-5-2)14-11-8-7-9-12-14/h4-5,14-15H,1-2,6-13H2,3H3,(H,18,21). The van der Waals surface area contributed by atoms with Crippen molar-refractivity contribution in [2.45, 2.75) is 57.5 Å². The summed E-state index contributed by atoms with van der Waals surface area (Å²) >= 11 is 0. The highest BCUT2D eigenvalue weighted by Gasteiger charge is 2.28. The Labute approximate surface area is 133 Å². The van der Waals surface area contributed by atoms with Gasteiger partial charge in [0.25, 0.3) is 0 Å². The molecule has 0 aromatic carbocycles. The fraction of sp³-hybridized carbons (Fsp3) is 0.647. The van der Waals surface area contributed by atoms with Gasteiger partial charge in [0.2, 0.25) is 0 Å². The Hall–Kier alpha value is -1.78. The zero-order valence-corrected chi connectivity index (χ0v) is 13.6. The molecule has 1 atom stereocenters. The summed E-state index contributed by atoms with van der Waals surface area (Å²) in [6.45, 7) is 9.89. The molecule has 0 radical (unpaired) electrons. The molecule has 0 heterocycles. The van der Waals surface area contributed by atoms with Crippen molar-refractivity contribution in [3.05, 3.63) is 25.3 Å². The van der Waals surface area contributed by atoms with Gasteiger partial charge in [0.1, 0.15) is 6.04 Å². The number of amides is 2. The first-order valence-electron chi connectivity index (χ1n) is 8.09. The van der Waals surface area contributed by atoms with E-state index in [2.05, 4.69) is 18.5 Å². The minimum atomic E-state index is -0.680. The number of urea groups is 1. The van der Waals surface area contributed by atoms with Crippen LogP contribution in [0.15, 0.2) is 25.3 Å². The molecule has 0 saturated heterocycles. The molecule has 0 spiro atoms. The molecule has 5 nitrogen and oxygen atoms in total. The summed E-state index contributed by atoms with van der Waals surface area (Å²) in [5, 5.41) is 2.78. The van der Waals surface area contributed by atoms with Gasteiger partial charge in [0.15, 0.2) is 0 Å². The fourth-order valence-corrected chi connectivity index (χ4v) is 2.79. The minimum absolute atomic E-state index is 0.221. The molecule has 1 rings (SSSR count). The van der Waals surface area contributed by atoms with Gasteiger partial charge in [0.05, 0.1) is 6.61 Å². The molecule has 1 aliphatic carbocycles. The molecule has 0 aromatic rings. The molecule has 0 aromatic heterocycles. The number of hydrogen-bond acceptors (Lipinski definition) is 3. The second kappa shape index (κ2) is 10.0. The number of nitrogens with zero attached hydrogens (tertiary/aromatic N) is 1. The molecule has 2 amide bonds. The van der Waals surface area contributed by atoms with E-state index in [1.54, 1.807) is 24.0 Å². The van der Waals surface area contributed by atoms with Crippen molar-refractivity contribution in [1.29, 1.82) is 0 Å². The number of hydrogen-bond donors (Lipinski definition) is 1. The summed E-state index contributed by atoms with van der Waals surface area (Å²) in [4.78, 5) is 26.2. The quantitative estimate of drug-likeness (QED) is 0.554. The van der Waals surface area contributed by atoms with Crippen molar-refractivity contribution in [3.8, 4) is 0 Å². The lowest BCUT2D eigenvalue weighted by Gasteiger charge is -2.34. The smallest absolute Gasteiger partial charge is 0.329 e. The number of ether oxygens (including phenoxy) is 1. The number of nitrogens with one attached hydrogen (secondary N) is 1. The van der Waals surface area contributed by atoms with Crippen molar-refractivity contribution in [3.63, 3.8) is 0 Å². The SMILES string of the molecule is C=CCC(NC(=O)N(CC=C)C1CCCCC1)C(=O)OCC. The zero-order valence-electron chi connectivity index (χ0n) is 13.6. The molecule has 0 bridgehead atoms. The van der Waals surface area contributed by atoms with Gasteiger partial charge < -0.3 is 15.0 Å². The van der Waals surface area contributed by atoms with Gasteiger partial charge >= 0.3 is 12.0 Å². The Bertz CT molecular complexity index is 389. The van der Waals surface area contributed by atoms with Crippen LogP contribution in [0.1, 0.15) is 45.4 Å². The Morgan fingerprint density at radius 3 is 2.50 bits per heavy atom. The number of carbonyl (C=O) groups excluding carboxylic acids is 2. The van der Waals surface area contributed by atoms with E-state index in [0.717, 1.165) is 25.7 Å². The molecule has 5 heteroatoms. The Balaban J connectivity index is 2.71. The first-order valence-corrected chi connectivity index (χ1v) is 8.09. The van der Waals surface area contributed by atoms with E-state index in [1.807, 2.05) is 0 Å². The van der Waals surface area contributed by atoms with Crippen molar-refractivity contribution >= 4 is 12.0 Å². The number of esters is 1. The summed E-state index contributed by atoms with van der Waals surface area (Å²) < 4.78 is 5.00. The van der Waals surface area contributed by atoms with E-state index in [4.69, 9.17) is 4.74 Å². The van der Waals surface area contributed by atoms with E-state index in [-0.39, 0.29) is 12.1 Å². The molecule has 0 aliphatic heterocycles. The average molecular weight is 308 g/mol. The first-order chi connectivity index (χ1) is 10.6. The van der Waals surface area contributed by atoms with Gasteiger partial charge in [-0.1, -0.05) is 31.4 Å². The van der Waals surface area contributed by atoms with E-state index >= 15 is 0 Å². The third kappa shape index (κ3) is 5.54. The summed E-state index contributed by atoms with van der Waals surface area (Å²) in [6, 6.07) is -0.689. The van der Waals surface area contributed by atoms with E-state index in [1.165, 1.54) is 6.42 Å². The summed E-state index contributed by atoms with van der Waals surface area (Å²) in [7, 11) is 0. The monoisotopic (exact) mass is 308 g/mol. The Morgan fingerprint density at radius 2 is 1.95 bits per heavy atom. The molecule has 1 saturated carbocycles. The second-order valence-corrected chi connectivity index (χ2v) is 5.51. The third-order valence-electron chi connectivity index (χ3n) is 3.87. The molecule has 1 unspecified atom stereocenters. The molecular formula is C17H28N2O3. The van der Waals surface area contributed by atoms with Gasteiger partial charge in [0, 0.05) is 12.6 Å². The second-order valence-electron chi connectivity index (χ2n) is 5.51. The maximum Gasteiger partial charge on any atom is 0.329 e. The molecule has 1 aliphatic rings. The average Bonchev–Trinajstić information content (AvgIpc) is 2.53. The molecule has 22 heavy (non-hydrogen) atoms. The lowest BCUT2D eigenvalue weighted by Crippen LogP contribution is -2.52. The topological polar surface area (TPSA) is 58.6 Å². The molecule has 1 N–H and O–H groups in total. The normalized spacial score (nSPS) is 16.4. The van der Waals surface area contributed by atoms with Crippen LogP contribution in [0.25, 0.3) is 0 Å². The van der Waals surface area contributed by atoms with Crippen LogP contribution in [-0.4, -0.2) is 42.1 Å². The fourth-order valence-electron chi connectivity index (χ4n) is 2.79. The highest BCUT2D eigenvalue weighted by Crippen LogP contribution is 2.22. The summed E-state index contributed by atoms with van der Waals surface area (Å²) in [5.41, 5.74) is 0. The van der Waals surface area contributed by atoms with Gasteiger partial charge in [-0.3, -0.25) is 0 Å². The van der Waals surface area contributed by atoms with Crippen LogP contribution in [-0.2, 0) is 9.53 Å². The van der Waals surface area contributed by atoms with Crippen molar-refractivity contribution in [1.82, 2.24) is 10.2 Å². The minimum Gasteiger partial charge on any atom is -0.464 e. The van der Waals surface area contributed by atoms with E-state index in [0.29, 0.717) is 19.6 Å².